The van der Waals surface area contributed by atoms with Crippen LogP contribution in [0.1, 0.15) is 52.9 Å². The summed E-state index contributed by atoms with van der Waals surface area (Å²) < 4.78 is 12.4. The third kappa shape index (κ3) is 2.69. The van der Waals surface area contributed by atoms with Crippen LogP contribution < -0.4 is 0 Å². The smallest absolute Gasteiger partial charge is 0.141 e. The molecule has 4 aromatic rings. The summed E-state index contributed by atoms with van der Waals surface area (Å²) in [5.41, 5.74) is 7.42. The lowest BCUT2D eigenvalue weighted by Gasteiger charge is -2.54. The Morgan fingerprint density at radius 2 is 1.88 bits per heavy atom. The number of allylic oxidation sites excluding steroid dienone is 2. The van der Waals surface area contributed by atoms with Gasteiger partial charge in [0.25, 0.3) is 0 Å². The highest BCUT2D eigenvalue weighted by Crippen LogP contribution is 2.56. The van der Waals surface area contributed by atoms with Gasteiger partial charge in [-0.05, 0) is 57.4 Å². The highest BCUT2D eigenvalue weighted by Gasteiger charge is 2.58. The fourth-order valence-corrected chi connectivity index (χ4v) is 5.80. The molecule has 170 valence electrons. The summed E-state index contributed by atoms with van der Waals surface area (Å²) in [4.78, 5) is 13.4. The van der Waals surface area contributed by atoms with Gasteiger partial charge < -0.3 is 14.2 Å². The van der Waals surface area contributed by atoms with Crippen LogP contribution in [0.25, 0.3) is 22.2 Å². The zero-order valence-electron chi connectivity index (χ0n) is 19.5. The average molecular weight is 451 g/mol. The number of aryl methyl sites for hydroxylation is 3. The van der Waals surface area contributed by atoms with E-state index in [0.717, 1.165) is 56.3 Å². The minimum atomic E-state index is -0.673. The molecule has 0 amide bonds. The molecule has 0 radical (unpaired) electrons. The maximum absolute atomic E-state index is 6.84. The summed E-state index contributed by atoms with van der Waals surface area (Å²) in [7, 11) is 0. The third-order valence-corrected chi connectivity index (χ3v) is 7.57. The van der Waals surface area contributed by atoms with Crippen molar-refractivity contribution in [3.8, 4) is 11.1 Å². The van der Waals surface area contributed by atoms with E-state index in [-0.39, 0.29) is 12.0 Å². The van der Waals surface area contributed by atoms with Crippen molar-refractivity contribution in [1.82, 2.24) is 20.1 Å². The van der Waals surface area contributed by atoms with Gasteiger partial charge in [0.2, 0.25) is 0 Å². The maximum Gasteiger partial charge on any atom is 0.141 e. The molecule has 3 atom stereocenters. The molecule has 7 rings (SSSR count). The first-order valence-corrected chi connectivity index (χ1v) is 12.0. The van der Waals surface area contributed by atoms with Crippen molar-refractivity contribution in [3.05, 3.63) is 88.9 Å². The first-order valence-electron chi connectivity index (χ1n) is 12.0. The zero-order valence-corrected chi connectivity index (χ0v) is 19.5. The van der Waals surface area contributed by atoms with E-state index in [1.165, 1.54) is 12.8 Å². The highest BCUT2D eigenvalue weighted by atomic mass is 16.5. The monoisotopic (exact) mass is 450 g/mol. The van der Waals surface area contributed by atoms with Crippen LogP contribution in [-0.2, 0) is 10.3 Å². The number of nitrogens with one attached hydrogen (secondary N) is 1. The summed E-state index contributed by atoms with van der Waals surface area (Å²) in [6.45, 7) is 6.02. The molecule has 0 bridgehead atoms. The lowest BCUT2D eigenvalue weighted by atomic mass is 9.66. The van der Waals surface area contributed by atoms with Crippen molar-refractivity contribution in [2.24, 2.45) is 5.92 Å². The lowest BCUT2D eigenvalue weighted by Crippen LogP contribution is -2.57. The van der Waals surface area contributed by atoms with Crippen LogP contribution in [0, 0.1) is 26.7 Å². The van der Waals surface area contributed by atoms with Gasteiger partial charge in [-0.2, -0.15) is 0 Å². The molecular formula is C28H26N4O2. The van der Waals surface area contributed by atoms with Crippen LogP contribution in [0.3, 0.4) is 0 Å². The number of nitrogens with zero attached hydrogens (tertiary/aromatic N) is 3. The van der Waals surface area contributed by atoms with Crippen molar-refractivity contribution in [1.29, 1.82) is 0 Å². The third-order valence-electron chi connectivity index (χ3n) is 7.57. The first kappa shape index (κ1) is 19.9. The summed E-state index contributed by atoms with van der Waals surface area (Å²) in [5, 5.41) is 4.22. The number of aromatic nitrogens is 4. The Morgan fingerprint density at radius 1 is 1.03 bits per heavy atom. The van der Waals surface area contributed by atoms with Gasteiger partial charge in [-0.25, -0.2) is 4.98 Å². The number of rotatable bonds is 4. The minimum Gasteiger partial charge on any atom is -0.361 e. The molecule has 3 unspecified atom stereocenters. The van der Waals surface area contributed by atoms with Gasteiger partial charge >= 0.3 is 0 Å². The van der Waals surface area contributed by atoms with Gasteiger partial charge in [0, 0.05) is 40.4 Å². The van der Waals surface area contributed by atoms with Crippen LogP contribution in [-0.4, -0.2) is 26.2 Å². The van der Waals surface area contributed by atoms with Crippen molar-refractivity contribution in [3.63, 3.8) is 0 Å². The molecule has 1 saturated carbocycles. The van der Waals surface area contributed by atoms with Crippen molar-refractivity contribution in [2.45, 2.75) is 51.2 Å². The molecule has 34 heavy (non-hydrogen) atoms. The van der Waals surface area contributed by atoms with E-state index < -0.39 is 5.60 Å². The van der Waals surface area contributed by atoms with Crippen molar-refractivity contribution in [2.75, 3.05) is 0 Å². The van der Waals surface area contributed by atoms with E-state index >= 15 is 0 Å². The second-order valence-corrected chi connectivity index (χ2v) is 9.77. The normalized spacial score (nSPS) is 25.5. The molecule has 1 aromatic carbocycles. The average Bonchev–Trinajstić information content (AvgIpc) is 3.50. The highest BCUT2D eigenvalue weighted by molar-refractivity contribution is 5.88. The molecule has 4 heterocycles. The van der Waals surface area contributed by atoms with Crippen LogP contribution in [0.4, 0.5) is 0 Å². The maximum atomic E-state index is 6.84. The fourth-order valence-electron chi connectivity index (χ4n) is 5.80. The van der Waals surface area contributed by atoms with Gasteiger partial charge in [-0.15, -0.1) is 0 Å². The molecule has 6 nitrogen and oxygen atoms in total. The quantitative estimate of drug-likeness (QED) is 0.425. The predicted octanol–water partition coefficient (Wildman–Crippen LogP) is 5.80. The Morgan fingerprint density at radius 3 is 2.62 bits per heavy atom. The Labute approximate surface area is 197 Å². The van der Waals surface area contributed by atoms with Gasteiger partial charge in [-0.1, -0.05) is 35.5 Å². The summed E-state index contributed by atoms with van der Waals surface area (Å²) >= 11 is 0. The topological polar surface area (TPSA) is 76.8 Å². The molecular weight excluding hydrogens is 424 g/mol. The summed E-state index contributed by atoms with van der Waals surface area (Å²) in [5.74, 6) is 2.56. The Hall–Kier alpha value is -3.51. The Kier molecular flexibility index (Phi) is 4.10. The molecule has 3 aromatic heterocycles. The number of aromatic amines is 1. The van der Waals surface area contributed by atoms with Crippen LogP contribution in [0.15, 0.2) is 59.3 Å². The van der Waals surface area contributed by atoms with E-state index in [9.17, 15) is 0 Å². The number of hydrogen-bond donors (Lipinski definition) is 1. The Balaban J connectivity index is 1.55. The molecule has 2 aliphatic carbocycles. The second-order valence-electron chi connectivity index (χ2n) is 9.77. The number of pyridine rings is 1. The van der Waals surface area contributed by atoms with Crippen LogP contribution in [0.2, 0.25) is 0 Å². The molecule has 1 N–H and O–H groups in total. The SMILES string of the molecule is Cc1ncccc1C1(c2cc(-c3c(C)noc3C)cc3[nH]c(C4CC4)nc23)OC2C=CC=CC21. The number of ether oxygens (including phenoxy) is 1. The zero-order chi connectivity index (χ0) is 23.0. The van der Waals surface area contributed by atoms with E-state index in [1.54, 1.807) is 0 Å². The molecule has 6 heteroatoms. The van der Waals surface area contributed by atoms with Crippen LogP contribution in [0.5, 0.6) is 0 Å². The Bertz CT molecular complexity index is 1490. The van der Waals surface area contributed by atoms with Crippen molar-refractivity contribution < 1.29 is 9.26 Å². The summed E-state index contributed by atoms with van der Waals surface area (Å²) in [6, 6.07) is 8.56. The largest absolute Gasteiger partial charge is 0.361 e. The number of imidazole rings is 1. The van der Waals surface area contributed by atoms with Gasteiger partial charge in [0.1, 0.15) is 17.2 Å². The lowest BCUT2D eigenvalue weighted by molar-refractivity contribution is -0.206. The molecule has 1 saturated heterocycles. The van der Waals surface area contributed by atoms with E-state index in [0.29, 0.717) is 5.92 Å². The standard InChI is InChI=1S/C28H26N4O2/c1-15-20(8-6-12-29-15)28(21-7-4-5-9-24(21)33-28)22-13-19(25-16(2)32-34-17(25)3)14-23-26(22)31-27(30-23)18-10-11-18/h4-9,12-14,18,21,24H,10-11H2,1-3H3,(H,30,31). The predicted molar refractivity (Wildman–Crippen MR) is 129 cm³/mol. The number of H-pyrrole nitrogens is 1. The second kappa shape index (κ2) is 7.00. The molecule has 1 aliphatic heterocycles. The summed E-state index contributed by atoms with van der Waals surface area (Å²) in [6.07, 6.45) is 12.9. The molecule has 2 fully saturated rings. The van der Waals surface area contributed by atoms with Gasteiger partial charge in [0.15, 0.2) is 0 Å². The van der Waals surface area contributed by atoms with E-state index in [4.69, 9.17) is 14.2 Å². The van der Waals surface area contributed by atoms with E-state index in [1.807, 2.05) is 26.1 Å². The minimum absolute atomic E-state index is 0.0317. The fraction of sp³-hybridized carbons (Fsp3) is 0.321. The van der Waals surface area contributed by atoms with Crippen LogP contribution >= 0.6 is 0 Å². The van der Waals surface area contributed by atoms with E-state index in [2.05, 4.69) is 64.6 Å². The first-order chi connectivity index (χ1) is 16.6. The molecule has 3 aliphatic rings. The number of hydrogen-bond acceptors (Lipinski definition) is 5. The number of fused-ring (bicyclic) bond motifs is 2. The van der Waals surface area contributed by atoms with Gasteiger partial charge in [-0.3, -0.25) is 4.98 Å². The number of benzene rings is 1. The molecule has 0 spiro atoms. The van der Waals surface area contributed by atoms with Crippen molar-refractivity contribution >= 4 is 11.0 Å². The van der Waals surface area contributed by atoms with Gasteiger partial charge in [0.05, 0.1) is 22.8 Å².